The first-order valence-electron chi connectivity index (χ1n) is 5.86. The van der Waals surface area contributed by atoms with E-state index in [1.54, 1.807) is 11.9 Å². The Morgan fingerprint density at radius 3 is 2.74 bits per heavy atom. The van der Waals surface area contributed by atoms with Gasteiger partial charge in [0, 0.05) is 12.7 Å². The molecule has 19 heavy (non-hydrogen) atoms. The average molecular weight is 276 g/mol. The molecule has 2 heterocycles. The second-order valence-electron chi connectivity index (χ2n) is 4.50. The molecule has 0 unspecified atom stereocenters. The smallest absolute Gasteiger partial charge is 0.265 e. The molecule has 0 spiro atoms. The van der Waals surface area contributed by atoms with Crippen molar-refractivity contribution in [1.82, 2.24) is 14.9 Å². The van der Waals surface area contributed by atoms with Crippen LogP contribution in [-0.2, 0) is 6.54 Å². The van der Waals surface area contributed by atoms with Gasteiger partial charge in [-0.2, -0.15) is 0 Å². The van der Waals surface area contributed by atoms with Gasteiger partial charge in [-0.1, -0.05) is 11.3 Å². The summed E-state index contributed by atoms with van der Waals surface area (Å²) >= 11 is 1.20. The minimum atomic E-state index is -0.0878. The van der Waals surface area contributed by atoms with Gasteiger partial charge in [0.05, 0.1) is 18.4 Å². The number of thiazole rings is 1. The Morgan fingerprint density at radius 2 is 2.16 bits per heavy atom. The molecule has 0 bridgehead atoms. The lowest BCUT2D eigenvalue weighted by molar-refractivity contribution is 0.0788. The van der Waals surface area contributed by atoms with Gasteiger partial charge in [-0.15, -0.1) is 0 Å². The van der Waals surface area contributed by atoms with Crippen molar-refractivity contribution in [2.24, 2.45) is 0 Å². The van der Waals surface area contributed by atoms with E-state index < -0.39 is 0 Å². The Bertz CT molecular complexity index is 588. The van der Waals surface area contributed by atoms with Gasteiger partial charge in [-0.3, -0.25) is 9.78 Å². The highest BCUT2D eigenvalue weighted by Gasteiger charge is 2.15. The zero-order valence-electron chi connectivity index (χ0n) is 11.2. The highest BCUT2D eigenvalue weighted by Crippen LogP contribution is 2.17. The molecule has 0 aliphatic rings. The van der Waals surface area contributed by atoms with E-state index in [1.807, 2.05) is 26.0 Å². The molecule has 0 fully saturated rings. The number of pyridine rings is 1. The Labute approximate surface area is 116 Å². The quantitative estimate of drug-likeness (QED) is 0.930. The van der Waals surface area contributed by atoms with Crippen LogP contribution in [0.25, 0.3) is 0 Å². The van der Waals surface area contributed by atoms with Gasteiger partial charge in [0.1, 0.15) is 4.88 Å². The first kappa shape index (κ1) is 13.5. The van der Waals surface area contributed by atoms with Crippen LogP contribution in [-0.4, -0.2) is 27.8 Å². The van der Waals surface area contributed by atoms with Crippen LogP contribution in [0.5, 0.6) is 0 Å². The summed E-state index contributed by atoms with van der Waals surface area (Å²) in [5, 5.41) is 0.404. The number of carbonyl (C=O) groups excluding carboxylic acids is 1. The number of nitrogens with two attached hydrogens (primary N) is 1. The van der Waals surface area contributed by atoms with Crippen LogP contribution in [0.1, 0.15) is 26.6 Å². The average Bonchev–Trinajstić information content (AvgIpc) is 2.73. The van der Waals surface area contributed by atoms with Crippen molar-refractivity contribution in [2.45, 2.75) is 20.4 Å². The number of nitrogens with zero attached hydrogens (tertiary/aromatic N) is 3. The van der Waals surface area contributed by atoms with Crippen LogP contribution in [0.3, 0.4) is 0 Å². The van der Waals surface area contributed by atoms with E-state index >= 15 is 0 Å². The summed E-state index contributed by atoms with van der Waals surface area (Å²) in [6, 6.07) is 3.99. The Morgan fingerprint density at radius 1 is 1.42 bits per heavy atom. The third kappa shape index (κ3) is 3.29. The summed E-state index contributed by atoms with van der Waals surface area (Å²) in [6.45, 7) is 4.44. The zero-order chi connectivity index (χ0) is 14.0. The number of hydrogen-bond donors (Lipinski definition) is 1. The van der Waals surface area contributed by atoms with Crippen LogP contribution in [0, 0.1) is 13.8 Å². The van der Waals surface area contributed by atoms with Crippen molar-refractivity contribution < 1.29 is 4.79 Å². The van der Waals surface area contributed by atoms with E-state index in [-0.39, 0.29) is 5.91 Å². The second-order valence-corrected chi connectivity index (χ2v) is 5.56. The fourth-order valence-electron chi connectivity index (χ4n) is 1.90. The van der Waals surface area contributed by atoms with Gasteiger partial charge in [0.15, 0.2) is 5.13 Å². The lowest BCUT2D eigenvalue weighted by Crippen LogP contribution is -2.26. The van der Waals surface area contributed by atoms with Crippen molar-refractivity contribution in [1.29, 1.82) is 0 Å². The summed E-state index contributed by atoms with van der Waals surface area (Å²) in [6.07, 6.45) is 1.51. The van der Waals surface area contributed by atoms with Crippen molar-refractivity contribution in [3.63, 3.8) is 0 Å². The normalized spacial score (nSPS) is 10.5. The zero-order valence-corrected chi connectivity index (χ0v) is 12.0. The topological polar surface area (TPSA) is 72.1 Å². The van der Waals surface area contributed by atoms with Gasteiger partial charge in [-0.25, -0.2) is 4.98 Å². The van der Waals surface area contributed by atoms with E-state index in [0.29, 0.717) is 16.6 Å². The molecule has 0 aliphatic heterocycles. The Balaban J connectivity index is 2.12. The van der Waals surface area contributed by atoms with E-state index in [2.05, 4.69) is 9.97 Å². The lowest BCUT2D eigenvalue weighted by atomic mass is 10.2. The van der Waals surface area contributed by atoms with Crippen LogP contribution in [0.15, 0.2) is 18.3 Å². The van der Waals surface area contributed by atoms with Gasteiger partial charge < -0.3 is 10.6 Å². The first-order valence-corrected chi connectivity index (χ1v) is 6.68. The summed E-state index contributed by atoms with van der Waals surface area (Å²) in [5.41, 5.74) is 8.51. The molecule has 0 saturated carbocycles. The number of aryl methyl sites for hydroxylation is 2. The molecule has 0 radical (unpaired) electrons. The molecule has 2 N–H and O–H groups in total. The number of aromatic nitrogens is 2. The van der Waals surface area contributed by atoms with Gasteiger partial charge >= 0.3 is 0 Å². The Hall–Kier alpha value is -1.95. The van der Waals surface area contributed by atoms with Crippen molar-refractivity contribution in [3.05, 3.63) is 40.2 Å². The van der Waals surface area contributed by atoms with Crippen molar-refractivity contribution >= 4 is 22.4 Å². The number of nitrogen functional groups attached to an aromatic ring is 1. The van der Waals surface area contributed by atoms with Crippen LogP contribution in [0.2, 0.25) is 0 Å². The fourth-order valence-corrected chi connectivity index (χ4v) is 2.57. The van der Waals surface area contributed by atoms with E-state index in [0.717, 1.165) is 17.0 Å². The summed E-state index contributed by atoms with van der Waals surface area (Å²) in [4.78, 5) is 22.6. The summed E-state index contributed by atoms with van der Waals surface area (Å²) < 4.78 is 0. The predicted octanol–water partition coefficient (Wildman–Crippen LogP) is 2.01. The molecule has 100 valence electrons. The van der Waals surface area contributed by atoms with Crippen molar-refractivity contribution in [2.75, 3.05) is 12.8 Å². The maximum atomic E-state index is 12.1. The first-order chi connectivity index (χ1) is 8.95. The molecule has 0 atom stereocenters. The minimum absolute atomic E-state index is 0.0878. The van der Waals surface area contributed by atoms with E-state index in [9.17, 15) is 4.79 Å². The van der Waals surface area contributed by atoms with Crippen LogP contribution in [0.4, 0.5) is 5.13 Å². The molecule has 5 nitrogen and oxygen atoms in total. The molecular formula is C13H16N4OS. The van der Waals surface area contributed by atoms with E-state index in [1.165, 1.54) is 17.5 Å². The lowest BCUT2D eigenvalue weighted by Gasteiger charge is -2.16. The highest BCUT2D eigenvalue weighted by atomic mass is 32.1. The molecule has 2 aromatic rings. The van der Waals surface area contributed by atoms with E-state index in [4.69, 9.17) is 5.73 Å². The predicted molar refractivity (Wildman–Crippen MR) is 76.0 cm³/mol. The van der Waals surface area contributed by atoms with Crippen LogP contribution < -0.4 is 5.73 Å². The monoisotopic (exact) mass is 276 g/mol. The summed E-state index contributed by atoms with van der Waals surface area (Å²) in [5.74, 6) is -0.0878. The molecular weight excluding hydrogens is 260 g/mol. The summed E-state index contributed by atoms with van der Waals surface area (Å²) in [7, 11) is 1.75. The molecule has 0 saturated heterocycles. The van der Waals surface area contributed by atoms with Gasteiger partial charge in [-0.05, 0) is 31.5 Å². The highest BCUT2D eigenvalue weighted by molar-refractivity contribution is 7.17. The molecule has 0 aromatic carbocycles. The molecule has 6 heteroatoms. The number of carbonyl (C=O) groups is 1. The standard InChI is InChI=1S/C13H16N4OS/c1-8-4-9(2)16-10(5-8)7-17(3)12(18)11-6-15-13(14)19-11/h4-6H,7H2,1-3H3,(H2,14,15). The van der Waals surface area contributed by atoms with Crippen molar-refractivity contribution in [3.8, 4) is 0 Å². The minimum Gasteiger partial charge on any atom is -0.375 e. The molecule has 1 amide bonds. The molecule has 2 aromatic heterocycles. The number of anilines is 1. The maximum Gasteiger partial charge on any atom is 0.265 e. The number of hydrogen-bond acceptors (Lipinski definition) is 5. The molecule has 0 aliphatic carbocycles. The number of amides is 1. The third-order valence-corrected chi connectivity index (χ3v) is 3.45. The second kappa shape index (κ2) is 5.36. The SMILES string of the molecule is Cc1cc(C)nc(CN(C)C(=O)c2cnc(N)s2)c1. The fraction of sp³-hybridized carbons (Fsp3) is 0.308. The van der Waals surface area contributed by atoms with Gasteiger partial charge in [0.25, 0.3) is 5.91 Å². The maximum absolute atomic E-state index is 12.1. The largest absolute Gasteiger partial charge is 0.375 e. The Kier molecular flexibility index (Phi) is 3.80. The molecule has 2 rings (SSSR count). The number of rotatable bonds is 3. The van der Waals surface area contributed by atoms with Gasteiger partial charge in [0.2, 0.25) is 0 Å². The third-order valence-electron chi connectivity index (χ3n) is 2.63. The van der Waals surface area contributed by atoms with Crippen LogP contribution >= 0.6 is 11.3 Å².